The Morgan fingerprint density at radius 1 is 0.520 bits per heavy atom. The zero-order chi connectivity index (χ0) is 33.8. The average molecular weight is 645 g/mol. The Bertz CT molecular complexity index is 2750. The molecule has 238 valence electrons. The van der Waals surface area contributed by atoms with E-state index in [4.69, 9.17) is 16.5 Å². The lowest BCUT2D eigenvalue weighted by Crippen LogP contribution is -2.10. The van der Waals surface area contributed by atoms with Crippen LogP contribution in [0.3, 0.4) is 0 Å². The molecule has 9 rings (SSSR count). The summed E-state index contributed by atoms with van der Waals surface area (Å²) < 4.78 is 4.49. The molecule has 0 atom stereocenters. The first kappa shape index (κ1) is 29.4. The fourth-order valence-corrected chi connectivity index (χ4v) is 7.22. The summed E-state index contributed by atoms with van der Waals surface area (Å²) in [6.45, 7) is 12.1. The van der Waals surface area contributed by atoms with Gasteiger partial charge < -0.3 is 4.90 Å². The van der Waals surface area contributed by atoms with E-state index in [1.54, 1.807) is 0 Å². The van der Waals surface area contributed by atoms with Gasteiger partial charge in [0.05, 0.1) is 28.6 Å². The van der Waals surface area contributed by atoms with Crippen LogP contribution in [0.2, 0.25) is 0 Å². The third-order valence-corrected chi connectivity index (χ3v) is 9.59. The van der Waals surface area contributed by atoms with Crippen LogP contribution >= 0.6 is 0 Å². The maximum absolute atomic E-state index is 7.71. The van der Waals surface area contributed by atoms with E-state index in [2.05, 4.69) is 136 Å². The van der Waals surface area contributed by atoms with Crippen molar-refractivity contribution in [1.82, 2.24) is 19.1 Å². The van der Waals surface area contributed by atoms with Crippen LogP contribution in [0.5, 0.6) is 0 Å². The van der Waals surface area contributed by atoms with Crippen molar-refractivity contribution in [3.8, 4) is 11.6 Å². The summed E-state index contributed by atoms with van der Waals surface area (Å²) in [6.07, 6.45) is 3.74. The van der Waals surface area contributed by atoms with Gasteiger partial charge in [-0.2, -0.15) is 0 Å². The number of hydrogen-bond acceptors (Lipinski definition) is 3. The van der Waals surface area contributed by atoms with E-state index in [9.17, 15) is 0 Å². The molecular formula is C44H32N6. The van der Waals surface area contributed by atoms with Crippen LogP contribution in [0.1, 0.15) is 25.3 Å². The second kappa shape index (κ2) is 11.8. The molecule has 0 aliphatic carbocycles. The normalized spacial score (nSPS) is 11.6. The molecule has 0 bridgehead atoms. The molecule has 50 heavy (non-hydrogen) atoms. The number of nitrogens with zero attached hydrogens (tertiary/aromatic N) is 6. The molecule has 6 heteroatoms. The molecule has 0 N–H and O–H groups in total. The Morgan fingerprint density at radius 2 is 1.16 bits per heavy atom. The van der Waals surface area contributed by atoms with E-state index in [0.29, 0.717) is 11.6 Å². The lowest BCUT2D eigenvalue weighted by Gasteiger charge is -2.26. The van der Waals surface area contributed by atoms with Crippen molar-refractivity contribution in [1.29, 1.82) is 0 Å². The molecular weight excluding hydrogens is 613 g/mol. The van der Waals surface area contributed by atoms with E-state index < -0.39 is 0 Å². The fourth-order valence-electron chi connectivity index (χ4n) is 7.22. The SMILES string of the molecule is [C-]#[N+]c1ccc2c(c1)c1ccc(N(c3ccccc3)c3ccc4c5ccccc5n(-c5ccccn5)c4c3)cc1n2-c1cc(C(C)C)ccn1. The Labute approximate surface area is 289 Å². The lowest BCUT2D eigenvalue weighted by atomic mass is 10.1. The topological polar surface area (TPSA) is 43.2 Å². The third-order valence-electron chi connectivity index (χ3n) is 9.59. The predicted octanol–water partition coefficient (Wildman–Crippen LogP) is 11.8. The van der Waals surface area contributed by atoms with Gasteiger partial charge in [-0.15, -0.1) is 0 Å². The van der Waals surface area contributed by atoms with Crippen LogP contribution in [-0.4, -0.2) is 19.1 Å². The fraction of sp³-hybridized carbons (Fsp3) is 0.0682. The summed E-state index contributed by atoms with van der Waals surface area (Å²) in [4.78, 5) is 15.7. The molecule has 5 aromatic carbocycles. The van der Waals surface area contributed by atoms with Gasteiger partial charge in [0.2, 0.25) is 0 Å². The number of fused-ring (bicyclic) bond motifs is 6. The van der Waals surface area contributed by atoms with Crippen LogP contribution in [0.15, 0.2) is 152 Å². The van der Waals surface area contributed by atoms with Gasteiger partial charge in [0.1, 0.15) is 11.6 Å². The molecule has 0 amide bonds. The van der Waals surface area contributed by atoms with Crippen LogP contribution in [0.4, 0.5) is 22.7 Å². The van der Waals surface area contributed by atoms with Gasteiger partial charge in [-0.1, -0.05) is 74.5 Å². The van der Waals surface area contributed by atoms with Crippen molar-refractivity contribution in [2.24, 2.45) is 0 Å². The highest BCUT2D eigenvalue weighted by atomic mass is 15.2. The highest BCUT2D eigenvalue weighted by Gasteiger charge is 2.20. The molecule has 0 saturated carbocycles. The van der Waals surface area contributed by atoms with E-state index in [1.807, 2.05) is 48.8 Å². The van der Waals surface area contributed by atoms with Crippen LogP contribution in [0, 0.1) is 6.57 Å². The monoisotopic (exact) mass is 644 g/mol. The number of hydrogen-bond donors (Lipinski definition) is 0. The second-order valence-electron chi connectivity index (χ2n) is 12.9. The molecule has 0 spiro atoms. The molecule has 0 fully saturated rings. The smallest absolute Gasteiger partial charge is 0.188 e. The zero-order valence-electron chi connectivity index (χ0n) is 27.7. The maximum Gasteiger partial charge on any atom is 0.188 e. The van der Waals surface area contributed by atoms with Gasteiger partial charge >= 0.3 is 0 Å². The van der Waals surface area contributed by atoms with Gasteiger partial charge in [0.15, 0.2) is 5.69 Å². The lowest BCUT2D eigenvalue weighted by molar-refractivity contribution is 0.858. The van der Waals surface area contributed by atoms with Crippen LogP contribution < -0.4 is 4.90 Å². The summed E-state index contributed by atoms with van der Waals surface area (Å²) in [5, 5.41) is 4.46. The molecule has 0 aliphatic heterocycles. The van der Waals surface area contributed by atoms with Crippen molar-refractivity contribution < 1.29 is 0 Å². The van der Waals surface area contributed by atoms with Gasteiger partial charge in [-0.25, -0.2) is 14.8 Å². The first-order valence-electron chi connectivity index (χ1n) is 16.8. The minimum Gasteiger partial charge on any atom is -0.310 e. The summed E-state index contributed by atoms with van der Waals surface area (Å²) in [5.41, 5.74) is 9.17. The molecule has 0 saturated heterocycles. The number of anilines is 3. The predicted molar refractivity (Wildman–Crippen MR) is 206 cm³/mol. The molecule has 0 radical (unpaired) electrons. The van der Waals surface area contributed by atoms with Gasteiger partial charge in [-0.05, 0) is 95.7 Å². The molecule has 0 unspecified atom stereocenters. The van der Waals surface area contributed by atoms with E-state index in [-0.39, 0.29) is 0 Å². The quantitative estimate of drug-likeness (QED) is 0.169. The third kappa shape index (κ3) is 4.71. The van der Waals surface area contributed by atoms with Gasteiger partial charge in [-0.3, -0.25) is 9.13 Å². The van der Waals surface area contributed by atoms with Crippen LogP contribution in [-0.2, 0) is 0 Å². The largest absolute Gasteiger partial charge is 0.310 e. The summed E-state index contributed by atoms with van der Waals surface area (Å²) in [6, 6.07) is 48.6. The number of para-hydroxylation sites is 2. The van der Waals surface area contributed by atoms with E-state index in [1.165, 1.54) is 16.3 Å². The minimum atomic E-state index is 0.360. The second-order valence-corrected chi connectivity index (χ2v) is 12.9. The highest BCUT2D eigenvalue weighted by Crippen LogP contribution is 2.42. The zero-order valence-corrected chi connectivity index (χ0v) is 27.7. The van der Waals surface area contributed by atoms with Crippen molar-refractivity contribution in [3.05, 3.63) is 169 Å². The van der Waals surface area contributed by atoms with Gasteiger partial charge in [0, 0.05) is 45.6 Å². The first-order valence-corrected chi connectivity index (χ1v) is 16.8. The molecule has 9 aromatic rings. The standard InChI is InChI=1S/C44H32N6/c1-29(2)30-22-24-47-44(25-30)50-40-21-16-31(45-3)26-38(40)37-20-18-34(28-42(37)50)48(32-11-5-4-6-12-32)33-17-19-36-35-13-7-8-14-39(35)49(41(36)27-33)43-15-9-10-23-46-43/h4-29H,1-2H3. The highest BCUT2D eigenvalue weighted by molar-refractivity contribution is 6.12. The molecule has 4 heterocycles. The number of aromatic nitrogens is 4. The number of pyridine rings is 2. The van der Waals surface area contributed by atoms with Crippen molar-refractivity contribution in [2.45, 2.75) is 19.8 Å². The Balaban J connectivity index is 1.31. The summed E-state index contributed by atoms with van der Waals surface area (Å²) in [7, 11) is 0. The molecule has 4 aromatic heterocycles. The Hall–Kier alpha value is -6.71. The Kier molecular flexibility index (Phi) is 6.92. The number of benzene rings is 5. The van der Waals surface area contributed by atoms with Crippen LogP contribution in [0.25, 0.3) is 60.1 Å². The first-order chi connectivity index (χ1) is 24.6. The van der Waals surface area contributed by atoms with Gasteiger partial charge in [0.25, 0.3) is 0 Å². The van der Waals surface area contributed by atoms with Crippen molar-refractivity contribution in [2.75, 3.05) is 4.90 Å². The minimum absolute atomic E-state index is 0.360. The van der Waals surface area contributed by atoms with E-state index in [0.717, 1.165) is 61.5 Å². The van der Waals surface area contributed by atoms with Crippen molar-refractivity contribution >= 4 is 66.4 Å². The summed E-state index contributed by atoms with van der Waals surface area (Å²) in [5.74, 6) is 2.10. The van der Waals surface area contributed by atoms with Crippen molar-refractivity contribution in [3.63, 3.8) is 0 Å². The average Bonchev–Trinajstić information content (AvgIpc) is 3.67. The molecule has 0 aliphatic rings. The summed E-state index contributed by atoms with van der Waals surface area (Å²) >= 11 is 0. The van der Waals surface area contributed by atoms with E-state index >= 15 is 0 Å². The number of rotatable bonds is 6. The molecule has 6 nitrogen and oxygen atoms in total. The maximum atomic E-state index is 7.71. The Morgan fingerprint density at radius 3 is 1.88 bits per heavy atom.